The number of azo groups is 1. The van der Waals surface area contributed by atoms with E-state index >= 15 is 0 Å². The van der Waals surface area contributed by atoms with Gasteiger partial charge in [0.25, 0.3) is 0 Å². The number of nitrogens with zero attached hydrogens (tertiary/aromatic N) is 3. The van der Waals surface area contributed by atoms with Crippen molar-refractivity contribution >= 4 is 47.3 Å². The number of halogens is 1. The summed E-state index contributed by atoms with van der Waals surface area (Å²) in [5.74, 6) is 1.99. The Morgan fingerprint density at radius 2 is 1.70 bits per heavy atom. The maximum absolute atomic E-state index is 13.6. The first kappa shape index (κ1) is 32.9. The molecule has 7 rings (SSSR count). The van der Waals surface area contributed by atoms with E-state index in [4.69, 9.17) is 35.2 Å². The third-order valence-corrected chi connectivity index (χ3v) is 7.66. The molecule has 0 saturated carbocycles. The number of aromatic hydroxyl groups is 1. The van der Waals surface area contributed by atoms with Crippen LogP contribution >= 0.6 is 12.4 Å². The molecule has 0 bridgehead atoms. The lowest BCUT2D eigenvalue weighted by Gasteiger charge is -2.39. The Balaban J connectivity index is 0.000000217. The van der Waals surface area contributed by atoms with Crippen LogP contribution in [0, 0.1) is 0 Å². The molecule has 244 valence electrons. The number of fused-ring (bicyclic) bond motifs is 6. The predicted molar refractivity (Wildman–Crippen MR) is 179 cm³/mol. The van der Waals surface area contributed by atoms with Gasteiger partial charge < -0.3 is 40.3 Å². The Kier molecular flexibility index (Phi) is 9.16. The van der Waals surface area contributed by atoms with Gasteiger partial charge in [0.1, 0.15) is 58.4 Å². The Labute approximate surface area is 277 Å². The van der Waals surface area contributed by atoms with Gasteiger partial charge in [0.15, 0.2) is 23.1 Å². The number of benzene rings is 3. The monoisotopic (exact) mass is 659 g/mol. The number of ketones is 1. The molecule has 2 atom stereocenters. The number of pyridine rings is 1. The summed E-state index contributed by atoms with van der Waals surface area (Å²) in [7, 11) is 3.07. The standard InChI is InChI=1S/C23H22O7.C11H11N5.ClH/c1-23(2)6-5-11-15(30-23)8-13(24)20-21(25)19-12-7-16(26-3)17(27-4)9-14(12)28-10-18(19)29-22(11)20;12-10-7-6-9(11(13)14-10)16-15-8-4-2-1-3-5-8;/h5-9,18-19,24H,10H2,1-4H3;1-7H,(H4,12,13,14);1H. The minimum Gasteiger partial charge on any atom is -0.507 e. The van der Waals surface area contributed by atoms with Crippen LogP contribution in [0.1, 0.15) is 41.3 Å². The van der Waals surface area contributed by atoms with Crippen molar-refractivity contribution in [1.29, 1.82) is 0 Å². The van der Waals surface area contributed by atoms with Gasteiger partial charge >= 0.3 is 0 Å². The van der Waals surface area contributed by atoms with Gasteiger partial charge in [-0.1, -0.05) is 18.2 Å². The number of Topliss-reactive ketones (excluding diaryl/α,β-unsaturated/α-hetero) is 1. The van der Waals surface area contributed by atoms with Crippen molar-refractivity contribution in [2.75, 3.05) is 32.3 Å². The number of anilines is 2. The minimum atomic E-state index is -0.630. The van der Waals surface area contributed by atoms with E-state index in [0.29, 0.717) is 51.4 Å². The molecule has 4 heterocycles. The zero-order chi connectivity index (χ0) is 32.6. The number of carbonyl (C=O) groups excluding carboxylic acids is 1. The van der Waals surface area contributed by atoms with Crippen molar-refractivity contribution in [3.05, 3.63) is 83.4 Å². The molecule has 3 aromatic carbocycles. The topological polar surface area (TPSA) is 173 Å². The highest BCUT2D eigenvalue weighted by Gasteiger charge is 2.46. The molecule has 0 spiro atoms. The molecular weight excluding hydrogens is 626 g/mol. The fourth-order valence-electron chi connectivity index (χ4n) is 5.45. The fraction of sp³-hybridized carbons (Fsp3) is 0.235. The van der Waals surface area contributed by atoms with E-state index in [2.05, 4.69) is 15.2 Å². The van der Waals surface area contributed by atoms with Gasteiger partial charge in [0.05, 0.1) is 31.4 Å². The lowest BCUT2D eigenvalue weighted by atomic mass is 9.80. The summed E-state index contributed by atoms with van der Waals surface area (Å²) in [6.07, 6.45) is 3.23. The largest absolute Gasteiger partial charge is 0.507 e. The molecule has 2 unspecified atom stereocenters. The molecule has 1 aromatic heterocycles. The van der Waals surface area contributed by atoms with Crippen molar-refractivity contribution in [2.24, 2.45) is 10.2 Å². The fourth-order valence-corrected chi connectivity index (χ4v) is 5.45. The number of ether oxygens (including phenoxy) is 5. The molecule has 47 heavy (non-hydrogen) atoms. The smallest absolute Gasteiger partial charge is 0.181 e. The zero-order valence-corrected chi connectivity index (χ0v) is 26.9. The quantitative estimate of drug-likeness (QED) is 0.198. The number of rotatable bonds is 4. The van der Waals surface area contributed by atoms with Crippen LogP contribution in [-0.4, -0.2) is 48.4 Å². The van der Waals surface area contributed by atoms with E-state index in [-0.39, 0.29) is 41.9 Å². The molecule has 0 saturated heterocycles. The first-order valence-corrected chi connectivity index (χ1v) is 14.4. The van der Waals surface area contributed by atoms with Crippen LogP contribution in [0.4, 0.5) is 23.0 Å². The van der Waals surface area contributed by atoms with Crippen LogP contribution in [0.25, 0.3) is 6.08 Å². The van der Waals surface area contributed by atoms with Gasteiger partial charge in [0, 0.05) is 17.7 Å². The van der Waals surface area contributed by atoms with E-state index in [0.717, 1.165) is 5.69 Å². The summed E-state index contributed by atoms with van der Waals surface area (Å²) in [4.78, 5) is 17.5. The number of nitrogen functional groups attached to an aromatic ring is 2. The average Bonchev–Trinajstić information content (AvgIpc) is 3.03. The Bertz CT molecular complexity index is 1880. The summed E-state index contributed by atoms with van der Waals surface area (Å²) >= 11 is 0. The highest BCUT2D eigenvalue weighted by molar-refractivity contribution is 6.08. The number of carbonyl (C=O) groups is 1. The van der Waals surface area contributed by atoms with Gasteiger partial charge in [-0.3, -0.25) is 4.79 Å². The van der Waals surface area contributed by atoms with E-state index in [9.17, 15) is 9.90 Å². The molecule has 0 radical (unpaired) electrons. The lowest BCUT2D eigenvalue weighted by molar-refractivity contribution is 0.0547. The number of aromatic nitrogens is 1. The number of nitrogens with two attached hydrogens (primary N) is 2. The first-order valence-electron chi connectivity index (χ1n) is 14.4. The number of phenols is 1. The summed E-state index contributed by atoms with van der Waals surface area (Å²) < 4.78 is 28.8. The summed E-state index contributed by atoms with van der Waals surface area (Å²) in [6, 6.07) is 17.6. The van der Waals surface area contributed by atoms with Crippen LogP contribution in [0.2, 0.25) is 0 Å². The highest BCUT2D eigenvalue weighted by atomic mass is 35.5. The van der Waals surface area contributed by atoms with Gasteiger partial charge in [0.2, 0.25) is 0 Å². The number of hydrogen-bond acceptors (Lipinski definition) is 12. The van der Waals surface area contributed by atoms with Crippen LogP contribution in [0.5, 0.6) is 34.5 Å². The molecule has 0 aliphatic carbocycles. The Hall–Kier alpha value is -5.49. The van der Waals surface area contributed by atoms with Crippen LogP contribution in [0.3, 0.4) is 0 Å². The van der Waals surface area contributed by atoms with E-state index in [1.165, 1.54) is 13.2 Å². The van der Waals surface area contributed by atoms with Crippen LogP contribution in [0.15, 0.2) is 77.0 Å². The SMILES string of the molecule is COc1cc2c(cc1OC)C1C(=O)c3c(O)cc4c(c3OC1CO2)C=CC(C)(C)O4.Cl.Nc1ccc(N=Nc2ccccc2)c(N)n1. The highest BCUT2D eigenvalue weighted by Crippen LogP contribution is 2.52. The third-order valence-electron chi connectivity index (χ3n) is 7.66. The number of methoxy groups -OCH3 is 2. The summed E-state index contributed by atoms with van der Waals surface area (Å²) in [6.45, 7) is 4.02. The minimum absolute atomic E-state index is 0. The van der Waals surface area contributed by atoms with Crippen molar-refractivity contribution in [3.63, 3.8) is 0 Å². The number of phenolic OH excluding ortho intramolecular Hbond substituents is 1. The van der Waals surface area contributed by atoms with Gasteiger partial charge in [-0.05, 0) is 56.3 Å². The predicted octanol–water partition coefficient (Wildman–Crippen LogP) is 6.80. The molecule has 0 amide bonds. The molecule has 3 aliphatic heterocycles. The van der Waals surface area contributed by atoms with Gasteiger partial charge in [-0.2, -0.15) is 5.11 Å². The van der Waals surface area contributed by atoms with Crippen molar-refractivity contribution in [3.8, 4) is 34.5 Å². The van der Waals surface area contributed by atoms with Crippen molar-refractivity contribution < 1.29 is 33.6 Å². The Morgan fingerprint density at radius 3 is 2.40 bits per heavy atom. The molecule has 5 N–H and O–H groups in total. The molecule has 13 heteroatoms. The second-order valence-electron chi connectivity index (χ2n) is 11.3. The molecular formula is C34H34ClN5O7. The number of hydrogen-bond donors (Lipinski definition) is 3. The van der Waals surface area contributed by atoms with Crippen molar-refractivity contribution in [1.82, 2.24) is 4.98 Å². The molecule has 4 aromatic rings. The maximum atomic E-state index is 13.6. The molecule has 0 fully saturated rings. The zero-order valence-electron chi connectivity index (χ0n) is 26.1. The average molecular weight is 660 g/mol. The van der Waals surface area contributed by atoms with E-state index in [1.807, 2.05) is 56.3 Å². The normalized spacial score (nSPS) is 17.9. The lowest BCUT2D eigenvalue weighted by Crippen LogP contribution is -2.43. The third kappa shape index (κ3) is 6.45. The maximum Gasteiger partial charge on any atom is 0.181 e. The van der Waals surface area contributed by atoms with Crippen molar-refractivity contribution in [2.45, 2.75) is 31.5 Å². The van der Waals surface area contributed by atoms with Gasteiger partial charge in [-0.15, -0.1) is 17.5 Å². The van der Waals surface area contributed by atoms with Crippen LogP contribution < -0.4 is 35.2 Å². The van der Waals surface area contributed by atoms with Gasteiger partial charge in [-0.25, -0.2) is 4.98 Å². The molecule has 3 aliphatic rings. The molecule has 12 nitrogen and oxygen atoms in total. The first-order chi connectivity index (χ1) is 22.1. The van der Waals surface area contributed by atoms with E-state index in [1.54, 1.807) is 31.4 Å². The second kappa shape index (κ2) is 13.1. The summed E-state index contributed by atoms with van der Waals surface area (Å²) in [5, 5.41) is 18.7. The summed E-state index contributed by atoms with van der Waals surface area (Å²) in [5.41, 5.74) is 13.3. The van der Waals surface area contributed by atoms with E-state index < -0.39 is 17.6 Å². The van der Waals surface area contributed by atoms with Crippen LogP contribution in [-0.2, 0) is 0 Å². The Morgan fingerprint density at radius 1 is 0.979 bits per heavy atom. The second-order valence-corrected chi connectivity index (χ2v) is 11.3.